The summed E-state index contributed by atoms with van der Waals surface area (Å²) in [5, 5.41) is 14.8. The highest BCUT2D eigenvalue weighted by Crippen LogP contribution is 2.13. The zero-order valence-corrected chi connectivity index (χ0v) is 9.25. The van der Waals surface area contributed by atoms with Gasteiger partial charge >= 0.3 is 0 Å². The second-order valence-corrected chi connectivity index (χ2v) is 3.58. The summed E-state index contributed by atoms with van der Waals surface area (Å²) < 4.78 is 1.83. The number of H-pyrrole nitrogens is 1. The van der Waals surface area contributed by atoms with Crippen molar-refractivity contribution in [2.24, 2.45) is 0 Å². The molecule has 3 aromatic rings. The number of aryl methyl sites for hydroxylation is 1. The van der Waals surface area contributed by atoms with Crippen molar-refractivity contribution in [2.45, 2.75) is 13.5 Å². The monoisotopic (exact) mass is 229 g/mol. The van der Waals surface area contributed by atoms with E-state index >= 15 is 0 Å². The highest BCUT2D eigenvalue weighted by Gasteiger charge is 2.03. The molecule has 2 N–H and O–H groups in total. The number of fused-ring (bicyclic) bond motifs is 1. The van der Waals surface area contributed by atoms with Crippen molar-refractivity contribution in [2.75, 3.05) is 5.32 Å². The van der Waals surface area contributed by atoms with E-state index < -0.39 is 0 Å². The fourth-order valence-electron chi connectivity index (χ4n) is 1.53. The number of anilines is 2. The Bertz CT molecular complexity index is 639. The molecule has 0 atom stereocenters. The zero-order valence-electron chi connectivity index (χ0n) is 9.25. The summed E-state index contributed by atoms with van der Waals surface area (Å²) in [7, 11) is 0. The van der Waals surface area contributed by atoms with Gasteiger partial charge in [-0.3, -0.25) is 9.78 Å². The summed E-state index contributed by atoms with van der Waals surface area (Å²) in [4.78, 5) is 8.48. The lowest BCUT2D eigenvalue weighted by molar-refractivity contribution is 0.660. The number of nitrogens with one attached hydrogen (secondary N) is 2. The number of rotatable bonds is 3. The van der Waals surface area contributed by atoms with Gasteiger partial charge in [-0.25, -0.2) is 4.98 Å². The molecule has 17 heavy (non-hydrogen) atoms. The van der Waals surface area contributed by atoms with Gasteiger partial charge in [-0.1, -0.05) is 0 Å². The minimum atomic E-state index is 0.525. The van der Waals surface area contributed by atoms with Crippen molar-refractivity contribution < 1.29 is 0 Å². The molecule has 0 bridgehead atoms. The SMILES string of the molecule is CCn1cc(Nc2ncc3cn[nH]c3n2)cn1. The Morgan fingerprint density at radius 3 is 3.12 bits per heavy atom. The van der Waals surface area contributed by atoms with Crippen LogP contribution in [0.5, 0.6) is 0 Å². The first-order valence-electron chi connectivity index (χ1n) is 5.31. The summed E-state index contributed by atoms with van der Waals surface area (Å²) in [5.74, 6) is 0.525. The highest BCUT2D eigenvalue weighted by molar-refractivity contribution is 5.74. The molecule has 0 unspecified atom stereocenters. The van der Waals surface area contributed by atoms with Crippen molar-refractivity contribution in [1.82, 2.24) is 29.9 Å². The third-order valence-electron chi connectivity index (χ3n) is 2.40. The van der Waals surface area contributed by atoms with Crippen molar-refractivity contribution in [3.8, 4) is 0 Å². The Morgan fingerprint density at radius 2 is 2.29 bits per heavy atom. The molecule has 3 rings (SSSR count). The maximum absolute atomic E-state index is 4.29. The van der Waals surface area contributed by atoms with Crippen molar-refractivity contribution in [3.63, 3.8) is 0 Å². The quantitative estimate of drug-likeness (QED) is 0.707. The molecular formula is C10H11N7. The van der Waals surface area contributed by atoms with Crippen molar-refractivity contribution in [3.05, 3.63) is 24.8 Å². The molecular weight excluding hydrogens is 218 g/mol. The van der Waals surface area contributed by atoms with Crippen LogP contribution in [-0.4, -0.2) is 29.9 Å². The van der Waals surface area contributed by atoms with Crippen LogP contribution in [0.4, 0.5) is 11.6 Å². The summed E-state index contributed by atoms with van der Waals surface area (Å²) in [6, 6.07) is 0. The molecule has 0 fully saturated rings. The van der Waals surface area contributed by atoms with E-state index in [0.717, 1.165) is 17.6 Å². The van der Waals surface area contributed by atoms with E-state index in [0.29, 0.717) is 11.6 Å². The summed E-state index contributed by atoms with van der Waals surface area (Å²) in [6.45, 7) is 2.87. The van der Waals surface area contributed by atoms with Gasteiger partial charge in [0.05, 0.1) is 23.5 Å². The number of aromatic nitrogens is 6. The van der Waals surface area contributed by atoms with Gasteiger partial charge in [0.1, 0.15) is 0 Å². The Kier molecular flexibility index (Phi) is 2.21. The molecule has 0 aromatic carbocycles. The second kappa shape index (κ2) is 3.85. The van der Waals surface area contributed by atoms with Crippen molar-refractivity contribution in [1.29, 1.82) is 0 Å². The number of aromatic amines is 1. The Labute approximate surface area is 96.9 Å². The normalized spacial score (nSPS) is 10.9. The van der Waals surface area contributed by atoms with Crippen LogP contribution < -0.4 is 5.32 Å². The standard InChI is InChI=1S/C10H11N7/c1-2-17-6-8(5-13-17)14-10-11-3-7-4-12-16-9(7)15-10/h3-6H,2H2,1H3,(H2,11,12,14,15,16). The molecule has 7 heteroatoms. The Balaban J connectivity index is 1.88. The van der Waals surface area contributed by atoms with Crippen LogP contribution in [0.2, 0.25) is 0 Å². The predicted molar refractivity (Wildman–Crippen MR) is 62.9 cm³/mol. The second-order valence-electron chi connectivity index (χ2n) is 3.58. The van der Waals surface area contributed by atoms with Crippen molar-refractivity contribution >= 4 is 22.7 Å². The topological polar surface area (TPSA) is 84.3 Å². The first kappa shape index (κ1) is 9.76. The average molecular weight is 229 g/mol. The van der Waals surface area contributed by atoms with Gasteiger partial charge in [0.15, 0.2) is 5.65 Å². The fraction of sp³-hybridized carbons (Fsp3) is 0.200. The molecule has 3 heterocycles. The zero-order chi connectivity index (χ0) is 11.7. The molecule has 0 saturated carbocycles. The third-order valence-corrected chi connectivity index (χ3v) is 2.40. The molecule has 0 spiro atoms. The van der Waals surface area contributed by atoms with Gasteiger partial charge in [0.2, 0.25) is 5.95 Å². The van der Waals surface area contributed by atoms with E-state index in [1.807, 2.05) is 17.8 Å². The van der Waals surface area contributed by atoms with Gasteiger partial charge in [0.25, 0.3) is 0 Å². The molecule has 86 valence electrons. The average Bonchev–Trinajstić information content (AvgIpc) is 2.96. The fourth-order valence-corrected chi connectivity index (χ4v) is 1.53. The summed E-state index contributed by atoms with van der Waals surface area (Å²) in [5.41, 5.74) is 1.58. The van der Waals surface area contributed by atoms with Crippen LogP contribution in [-0.2, 0) is 6.54 Å². The van der Waals surface area contributed by atoms with Gasteiger partial charge in [-0.2, -0.15) is 15.2 Å². The molecule has 7 nitrogen and oxygen atoms in total. The minimum absolute atomic E-state index is 0.525. The molecule has 0 saturated heterocycles. The number of nitrogens with zero attached hydrogens (tertiary/aromatic N) is 5. The lowest BCUT2D eigenvalue weighted by Gasteiger charge is -2.00. The van der Waals surface area contributed by atoms with E-state index in [9.17, 15) is 0 Å². The minimum Gasteiger partial charge on any atom is -0.321 e. The Hall–Kier alpha value is -2.44. The van der Waals surface area contributed by atoms with Gasteiger partial charge in [-0.05, 0) is 6.92 Å². The number of hydrogen-bond donors (Lipinski definition) is 2. The molecule has 0 aliphatic rings. The van der Waals surface area contributed by atoms with Crippen LogP contribution in [0.1, 0.15) is 6.92 Å². The van der Waals surface area contributed by atoms with Gasteiger partial charge in [0, 0.05) is 18.9 Å². The van der Waals surface area contributed by atoms with E-state index in [4.69, 9.17) is 0 Å². The van der Waals surface area contributed by atoms with Crippen LogP contribution in [0.25, 0.3) is 11.0 Å². The van der Waals surface area contributed by atoms with Gasteiger partial charge in [-0.15, -0.1) is 0 Å². The van der Waals surface area contributed by atoms with E-state index in [-0.39, 0.29) is 0 Å². The number of hydrogen-bond acceptors (Lipinski definition) is 5. The highest BCUT2D eigenvalue weighted by atomic mass is 15.3. The molecule has 0 radical (unpaired) electrons. The Morgan fingerprint density at radius 1 is 1.35 bits per heavy atom. The maximum atomic E-state index is 4.29. The largest absolute Gasteiger partial charge is 0.321 e. The maximum Gasteiger partial charge on any atom is 0.229 e. The smallest absolute Gasteiger partial charge is 0.229 e. The van der Waals surface area contributed by atoms with Crippen LogP contribution in [0.15, 0.2) is 24.8 Å². The third kappa shape index (κ3) is 1.82. The van der Waals surface area contributed by atoms with E-state index in [1.54, 1.807) is 18.6 Å². The van der Waals surface area contributed by atoms with Crippen LogP contribution in [0.3, 0.4) is 0 Å². The lowest BCUT2D eigenvalue weighted by atomic mass is 10.4. The molecule has 0 aliphatic carbocycles. The first-order valence-corrected chi connectivity index (χ1v) is 5.31. The lowest BCUT2D eigenvalue weighted by Crippen LogP contribution is -1.96. The van der Waals surface area contributed by atoms with Gasteiger partial charge < -0.3 is 5.32 Å². The predicted octanol–water partition coefficient (Wildman–Crippen LogP) is 1.31. The molecule has 0 amide bonds. The van der Waals surface area contributed by atoms with Crippen LogP contribution in [0, 0.1) is 0 Å². The molecule has 3 aromatic heterocycles. The van der Waals surface area contributed by atoms with E-state index in [1.165, 1.54) is 0 Å². The summed E-state index contributed by atoms with van der Waals surface area (Å²) in [6.07, 6.45) is 7.05. The summed E-state index contributed by atoms with van der Waals surface area (Å²) >= 11 is 0. The molecule has 0 aliphatic heterocycles. The van der Waals surface area contributed by atoms with E-state index in [2.05, 4.69) is 30.6 Å². The first-order chi connectivity index (χ1) is 8.35. The van der Waals surface area contributed by atoms with Crippen LogP contribution >= 0.6 is 0 Å².